The maximum Gasteiger partial charge on any atom is 0.341 e. The molecule has 8 heteroatoms. The van der Waals surface area contributed by atoms with Crippen molar-refractivity contribution in [1.82, 2.24) is 4.90 Å². The number of anilines is 1. The quantitative estimate of drug-likeness (QED) is 0.745. The molecule has 0 radical (unpaired) electrons. The van der Waals surface area contributed by atoms with Crippen molar-refractivity contribution in [2.24, 2.45) is 0 Å². The lowest BCUT2D eigenvalue weighted by Gasteiger charge is -2.25. The summed E-state index contributed by atoms with van der Waals surface area (Å²) in [7, 11) is 4.34. The molecule has 1 aromatic heterocycles. The summed E-state index contributed by atoms with van der Waals surface area (Å²) in [5, 5.41) is 3.38. The molecule has 0 bridgehead atoms. The minimum absolute atomic E-state index is 0.282. The maximum absolute atomic E-state index is 13.0. The van der Waals surface area contributed by atoms with E-state index in [9.17, 15) is 9.59 Å². The van der Waals surface area contributed by atoms with Gasteiger partial charge in [-0.1, -0.05) is 13.0 Å². The second kappa shape index (κ2) is 8.62. The second-order valence-corrected chi connectivity index (χ2v) is 7.42. The van der Waals surface area contributed by atoms with Crippen LogP contribution in [0.3, 0.4) is 0 Å². The number of methoxy groups -OCH3 is 3. The number of amides is 1. The zero-order valence-corrected chi connectivity index (χ0v) is 17.3. The first-order chi connectivity index (χ1) is 13.5. The van der Waals surface area contributed by atoms with E-state index in [1.165, 1.54) is 32.7 Å². The lowest BCUT2D eigenvalue weighted by Crippen LogP contribution is -2.29. The molecule has 1 N–H and O–H groups in total. The molecule has 0 spiro atoms. The van der Waals surface area contributed by atoms with E-state index in [2.05, 4.69) is 17.1 Å². The van der Waals surface area contributed by atoms with Crippen LogP contribution in [0, 0.1) is 0 Å². The molecule has 0 saturated carbocycles. The Morgan fingerprint density at radius 1 is 1.14 bits per heavy atom. The molecule has 1 aromatic carbocycles. The standard InChI is InChI=1S/C20H24N2O5S/c1-5-22-10-9-12-15(11-22)28-19(16(12)20(24)27-4)21-18(23)17-13(25-2)7-6-8-14(17)26-3/h6-8H,5,9-11H2,1-4H3,(H,21,23). The van der Waals surface area contributed by atoms with Crippen LogP contribution in [0.25, 0.3) is 0 Å². The van der Waals surface area contributed by atoms with E-state index in [4.69, 9.17) is 14.2 Å². The Labute approximate surface area is 168 Å². The lowest BCUT2D eigenvalue weighted by molar-refractivity contribution is 0.0600. The van der Waals surface area contributed by atoms with Gasteiger partial charge < -0.3 is 19.5 Å². The molecular formula is C20H24N2O5S. The topological polar surface area (TPSA) is 77.1 Å². The molecule has 0 saturated heterocycles. The van der Waals surface area contributed by atoms with E-state index in [1.54, 1.807) is 18.2 Å². The molecule has 7 nitrogen and oxygen atoms in total. The van der Waals surface area contributed by atoms with Crippen molar-refractivity contribution in [1.29, 1.82) is 0 Å². The molecule has 3 rings (SSSR count). The summed E-state index contributed by atoms with van der Waals surface area (Å²) < 4.78 is 15.6. The van der Waals surface area contributed by atoms with Crippen LogP contribution in [0.4, 0.5) is 5.00 Å². The van der Waals surface area contributed by atoms with Crippen LogP contribution in [0.2, 0.25) is 0 Å². The van der Waals surface area contributed by atoms with Crippen LogP contribution < -0.4 is 14.8 Å². The lowest BCUT2D eigenvalue weighted by atomic mass is 10.0. The summed E-state index contributed by atoms with van der Waals surface area (Å²) in [6, 6.07) is 5.13. The molecule has 0 atom stereocenters. The Bertz CT molecular complexity index is 871. The number of esters is 1. The zero-order chi connectivity index (χ0) is 20.3. The van der Waals surface area contributed by atoms with E-state index in [0.717, 1.165) is 36.5 Å². The number of thiophene rings is 1. The molecule has 2 aromatic rings. The van der Waals surface area contributed by atoms with E-state index >= 15 is 0 Å². The third-order valence-corrected chi connectivity index (χ3v) is 5.99. The number of hydrogen-bond donors (Lipinski definition) is 1. The number of hydrogen-bond acceptors (Lipinski definition) is 7. The van der Waals surface area contributed by atoms with Crippen molar-refractivity contribution in [3.05, 3.63) is 39.8 Å². The number of nitrogens with zero attached hydrogens (tertiary/aromatic N) is 1. The molecule has 0 unspecified atom stereocenters. The SMILES string of the molecule is CCN1CCc2c(sc(NC(=O)c3c(OC)cccc3OC)c2C(=O)OC)C1. The van der Waals surface area contributed by atoms with Gasteiger partial charge in [0.2, 0.25) is 0 Å². The van der Waals surface area contributed by atoms with E-state index < -0.39 is 11.9 Å². The van der Waals surface area contributed by atoms with E-state index in [-0.39, 0.29) is 5.56 Å². The monoisotopic (exact) mass is 404 g/mol. The number of nitrogens with one attached hydrogen (secondary N) is 1. The number of ether oxygens (including phenoxy) is 3. The van der Waals surface area contributed by atoms with Gasteiger partial charge in [0.1, 0.15) is 22.1 Å². The summed E-state index contributed by atoms with van der Waals surface area (Å²) in [5.74, 6) is -0.0416. The number of carbonyl (C=O) groups excluding carboxylic acids is 2. The summed E-state index contributed by atoms with van der Waals surface area (Å²) in [5.41, 5.74) is 1.69. The van der Waals surface area contributed by atoms with Gasteiger partial charge in [0, 0.05) is 18.0 Å². The van der Waals surface area contributed by atoms with Crippen molar-refractivity contribution in [3.63, 3.8) is 0 Å². The van der Waals surface area contributed by atoms with Crippen molar-refractivity contribution < 1.29 is 23.8 Å². The molecule has 0 fully saturated rings. The van der Waals surface area contributed by atoms with Crippen LogP contribution in [0.15, 0.2) is 18.2 Å². The average Bonchev–Trinajstić information content (AvgIpc) is 3.08. The van der Waals surface area contributed by atoms with Gasteiger partial charge in [-0.3, -0.25) is 9.69 Å². The molecule has 28 heavy (non-hydrogen) atoms. The van der Waals surface area contributed by atoms with Gasteiger partial charge in [0.25, 0.3) is 5.91 Å². The first kappa shape index (κ1) is 20.2. The Morgan fingerprint density at radius 3 is 2.39 bits per heavy atom. The van der Waals surface area contributed by atoms with Crippen LogP contribution in [-0.4, -0.2) is 51.2 Å². The average molecular weight is 404 g/mol. The summed E-state index contributed by atoms with van der Waals surface area (Å²) in [6.45, 7) is 4.67. The van der Waals surface area contributed by atoms with Crippen molar-refractivity contribution >= 4 is 28.2 Å². The molecule has 2 heterocycles. The molecule has 1 amide bonds. The fourth-order valence-corrected chi connectivity index (χ4v) is 4.65. The minimum Gasteiger partial charge on any atom is -0.496 e. The fraction of sp³-hybridized carbons (Fsp3) is 0.400. The van der Waals surface area contributed by atoms with E-state index in [1.807, 2.05) is 0 Å². The van der Waals surface area contributed by atoms with Gasteiger partial charge in [-0.05, 0) is 30.7 Å². The van der Waals surface area contributed by atoms with Crippen LogP contribution in [0.1, 0.15) is 38.1 Å². The third-order valence-electron chi connectivity index (χ3n) is 4.85. The van der Waals surface area contributed by atoms with Gasteiger partial charge in [-0.25, -0.2) is 4.79 Å². The Kier molecular flexibility index (Phi) is 6.21. The first-order valence-electron chi connectivity index (χ1n) is 9.01. The summed E-state index contributed by atoms with van der Waals surface area (Å²) >= 11 is 1.42. The normalized spacial score (nSPS) is 13.6. The predicted molar refractivity (Wildman–Crippen MR) is 108 cm³/mol. The molecule has 0 aliphatic carbocycles. The highest BCUT2D eigenvalue weighted by atomic mass is 32.1. The fourth-order valence-electron chi connectivity index (χ4n) is 3.37. The van der Waals surface area contributed by atoms with Crippen LogP contribution >= 0.6 is 11.3 Å². The van der Waals surface area contributed by atoms with Crippen LogP contribution in [0.5, 0.6) is 11.5 Å². The predicted octanol–water partition coefficient (Wildman–Crippen LogP) is 3.18. The zero-order valence-electron chi connectivity index (χ0n) is 16.5. The van der Waals surface area contributed by atoms with Gasteiger partial charge in [0.15, 0.2) is 0 Å². The smallest absolute Gasteiger partial charge is 0.341 e. The highest BCUT2D eigenvalue weighted by Gasteiger charge is 2.30. The van der Waals surface area contributed by atoms with Crippen molar-refractivity contribution in [2.75, 3.05) is 39.7 Å². The van der Waals surface area contributed by atoms with Gasteiger partial charge in [0.05, 0.1) is 26.9 Å². The number of rotatable bonds is 6. The van der Waals surface area contributed by atoms with Crippen LogP contribution in [-0.2, 0) is 17.7 Å². The largest absolute Gasteiger partial charge is 0.496 e. The number of benzene rings is 1. The van der Waals surface area contributed by atoms with E-state index in [0.29, 0.717) is 22.1 Å². The van der Waals surface area contributed by atoms with Crippen molar-refractivity contribution in [3.8, 4) is 11.5 Å². The first-order valence-corrected chi connectivity index (χ1v) is 9.83. The Balaban J connectivity index is 2.00. The number of likely N-dealkylation sites (N-methyl/N-ethyl adjacent to an activating group) is 1. The van der Waals surface area contributed by atoms with Gasteiger partial charge in [-0.15, -0.1) is 11.3 Å². The Morgan fingerprint density at radius 2 is 1.82 bits per heavy atom. The highest BCUT2D eigenvalue weighted by Crippen LogP contribution is 2.38. The molecule has 1 aliphatic heterocycles. The number of fused-ring (bicyclic) bond motifs is 1. The molecule has 150 valence electrons. The van der Waals surface area contributed by atoms with Gasteiger partial charge in [-0.2, -0.15) is 0 Å². The number of carbonyl (C=O) groups is 2. The van der Waals surface area contributed by atoms with Crippen molar-refractivity contribution in [2.45, 2.75) is 19.9 Å². The maximum atomic E-state index is 13.0. The summed E-state index contributed by atoms with van der Waals surface area (Å²) in [6.07, 6.45) is 0.748. The highest BCUT2D eigenvalue weighted by molar-refractivity contribution is 7.17. The molecule has 1 aliphatic rings. The third kappa shape index (κ3) is 3.70. The summed E-state index contributed by atoms with van der Waals surface area (Å²) in [4.78, 5) is 28.9. The Hall–Kier alpha value is -2.58. The second-order valence-electron chi connectivity index (χ2n) is 6.31. The minimum atomic E-state index is -0.440. The molecular weight excluding hydrogens is 380 g/mol. The van der Waals surface area contributed by atoms with Gasteiger partial charge >= 0.3 is 5.97 Å².